The van der Waals surface area contributed by atoms with E-state index in [1.165, 1.54) is 48.3 Å². The van der Waals surface area contributed by atoms with Gasteiger partial charge in [0.25, 0.3) is 0 Å². The van der Waals surface area contributed by atoms with Gasteiger partial charge in [-0.1, -0.05) is 80.1 Å². The van der Waals surface area contributed by atoms with Crippen molar-refractivity contribution in [2.75, 3.05) is 0 Å². The first-order valence-corrected chi connectivity index (χ1v) is 16.7. The van der Waals surface area contributed by atoms with Gasteiger partial charge in [-0.2, -0.15) is 0 Å². The number of hydrogen-bond acceptors (Lipinski definition) is 3. The van der Waals surface area contributed by atoms with Gasteiger partial charge < -0.3 is 0 Å². The summed E-state index contributed by atoms with van der Waals surface area (Å²) in [5.74, 6) is 1.29. The van der Waals surface area contributed by atoms with Crippen LogP contribution in [0, 0.1) is 22.7 Å². The van der Waals surface area contributed by atoms with Gasteiger partial charge in [-0.3, -0.25) is 9.59 Å². The molecule has 0 saturated heterocycles. The van der Waals surface area contributed by atoms with E-state index < -0.39 is 0 Å². The Labute approximate surface area is 252 Å². The molecule has 2 saturated carbocycles. The highest BCUT2D eigenvalue weighted by Crippen LogP contribution is 2.41. The monoisotopic (exact) mass is 568 g/mol. The van der Waals surface area contributed by atoms with Crippen molar-refractivity contribution < 1.29 is 9.59 Å². The van der Waals surface area contributed by atoms with Gasteiger partial charge in [0.05, 0.1) is 0 Å². The molecular weight excluding hydrogens is 520 g/mol. The summed E-state index contributed by atoms with van der Waals surface area (Å²) in [5, 5.41) is 0. The SMILES string of the molecule is CC(C)(C)C1=CC(=Cc2ccc(C=C3C=C(C4CCCCC4)C(=O)C(C(C)(C)C)=C3)s2)C=C(C2CCCCC2)C1=O. The van der Waals surface area contributed by atoms with E-state index in [0.29, 0.717) is 11.8 Å². The molecule has 0 spiro atoms. The number of Topliss-reactive ketones (excluding diaryl/α,β-unsaturated/α-hetero) is 2. The van der Waals surface area contributed by atoms with Gasteiger partial charge in [0, 0.05) is 32.0 Å². The van der Waals surface area contributed by atoms with Crippen LogP contribution in [0.15, 0.2) is 69.9 Å². The van der Waals surface area contributed by atoms with E-state index in [4.69, 9.17) is 0 Å². The third kappa shape index (κ3) is 6.94. The molecule has 4 aliphatic rings. The molecule has 1 heterocycles. The van der Waals surface area contributed by atoms with E-state index in [0.717, 1.165) is 59.1 Å². The number of ketones is 2. The van der Waals surface area contributed by atoms with Gasteiger partial charge in [-0.15, -0.1) is 11.3 Å². The minimum Gasteiger partial charge on any atom is -0.289 e. The maximum Gasteiger partial charge on any atom is 0.185 e. The van der Waals surface area contributed by atoms with Gasteiger partial charge in [-0.25, -0.2) is 0 Å². The Morgan fingerprint density at radius 3 is 1.29 bits per heavy atom. The van der Waals surface area contributed by atoms with Crippen molar-refractivity contribution >= 4 is 35.1 Å². The average Bonchev–Trinajstić information content (AvgIpc) is 3.36. The lowest BCUT2D eigenvalue weighted by molar-refractivity contribution is -0.114. The predicted molar refractivity (Wildman–Crippen MR) is 175 cm³/mol. The summed E-state index contributed by atoms with van der Waals surface area (Å²) < 4.78 is 0. The maximum absolute atomic E-state index is 13.6. The van der Waals surface area contributed by atoms with Crippen molar-refractivity contribution in [1.82, 2.24) is 0 Å². The largest absolute Gasteiger partial charge is 0.289 e. The van der Waals surface area contributed by atoms with E-state index in [-0.39, 0.29) is 22.4 Å². The number of allylic oxidation sites excluding steroid dienone is 10. The van der Waals surface area contributed by atoms with E-state index in [2.05, 4.69) is 90.1 Å². The first kappa shape index (κ1) is 30.0. The summed E-state index contributed by atoms with van der Waals surface area (Å²) in [4.78, 5) is 29.5. The minimum absolute atomic E-state index is 0.187. The van der Waals surface area contributed by atoms with Crippen LogP contribution in [0.25, 0.3) is 12.2 Å². The molecule has 0 amide bonds. The van der Waals surface area contributed by atoms with Crippen LogP contribution >= 0.6 is 11.3 Å². The van der Waals surface area contributed by atoms with Gasteiger partial charge in [0.2, 0.25) is 0 Å². The van der Waals surface area contributed by atoms with Crippen molar-refractivity contribution in [3.63, 3.8) is 0 Å². The smallest absolute Gasteiger partial charge is 0.185 e. The lowest BCUT2D eigenvalue weighted by Gasteiger charge is -2.31. The highest BCUT2D eigenvalue weighted by molar-refractivity contribution is 7.13. The van der Waals surface area contributed by atoms with Crippen LogP contribution in [-0.2, 0) is 9.59 Å². The average molecular weight is 569 g/mol. The molecule has 5 rings (SSSR count). The molecule has 0 unspecified atom stereocenters. The summed E-state index contributed by atoms with van der Waals surface area (Å²) in [6.45, 7) is 12.9. The molecule has 218 valence electrons. The van der Waals surface area contributed by atoms with Crippen molar-refractivity contribution in [1.29, 1.82) is 0 Å². The van der Waals surface area contributed by atoms with Crippen LogP contribution in [0.1, 0.15) is 116 Å². The number of carbonyl (C=O) groups excluding carboxylic acids is 2. The van der Waals surface area contributed by atoms with E-state index in [9.17, 15) is 9.59 Å². The molecule has 0 radical (unpaired) electrons. The standard InChI is InChI=1S/C38H48O2S/c1-37(2,3)33-23-25(21-31(35(33)39)27-13-9-7-10-14-27)19-29-17-18-30(41-29)20-26-22-32(28-15-11-8-12-16-28)36(40)34(24-26)38(4,5)6/h17-24,27-28H,7-16H2,1-6H3. The Kier molecular flexibility index (Phi) is 8.76. The second kappa shape index (κ2) is 12.0. The lowest BCUT2D eigenvalue weighted by atomic mass is 9.72. The molecule has 0 N–H and O–H groups in total. The molecule has 1 aromatic rings. The molecule has 41 heavy (non-hydrogen) atoms. The zero-order valence-corrected chi connectivity index (χ0v) is 26.9. The molecule has 2 fully saturated rings. The second-order valence-electron chi connectivity index (χ2n) is 14.7. The van der Waals surface area contributed by atoms with Gasteiger partial charge in [-0.05, 0) is 108 Å². The molecule has 0 aliphatic heterocycles. The fraction of sp³-hybridized carbons (Fsp3) is 0.526. The Balaban J connectivity index is 1.47. The van der Waals surface area contributed by atoms with E-state index in [1.807, 2.05) is 0 Å². The topological polar surface area (TPSA) is 34.1 Å². The fourth-order valence-corrected chi connectivity index (χ4v) is 7.85. The van der Waals surface area contributed by atoms with Crippen molar-refractivity contribution in [2.24, 2.45) is 22.7 Å². The molecule has 3 heteroatoms. The summed E-state index contributed by atoms with van der Waals surface area (Å²) in [6, 6.07) is 4.38. The summed E-state index contributed by atoms with van der Waals surface area (Å²) >= 11 is 1.77. The molecule has 1 aromatic heterocycles. The predicted octanol–water partition coefficient (Wildman–Crippen LogP) is 10.6. The van der Waals surface area contributed by atoms with Crippen LogP contribution in [0.2, 0.25) is 0 Å². The van der Waals surface area contributed by atoms with Gasteiger partial charge >= 0.3 is 0 Å². The maximum atomic E-state index is 13.6. The summed E-state index contributed by atoms with van der Waals surface area (Å²) in [6.07, 6.45) is 25.1. The second-order valence-corrected chi connectivity index (χ2v) is 15.8. The van der Waals surface area contributed by atoms with Gasteiger partial charge in [0.15, 0.2) is 11.6 Å². The third-order valence-corrected chi connectivity index (χ3v) is 10.2. The normalized spacial score (nSPS) is 24.0. The summed E-state index contributed by atoms with van der Waals surface area (Å²) in [7, 11) is 0. The number of hydrogen-bond donors (Lipinski definition) is 0. The molecule has 4 aliphatic carbocycles. The Hall–Kier alpha value is -2.52. The van der Waals surface area contributed by atoms with Crippen molar-refractivity contribution in [3.05, 3.63) is 79.6 Å². The van der Waals surface area contributed by atoms with Crippen molar-refractivity contribution in [2.45, 2.75) is 106 Å². The zero-order valence-electron chi connectivity index (χ0n) is 26.1. The lowest BCUT2D eigenvalue weighted by Crippen LogP contribution is -2.26. The zero-order chi connectivity index (χ0) is 29.4. The first-order chi connectivity index (χ1) is 19.4. The van der Waals surface area contributed by atoms with E-state index in [1.54, 1.807) is 11.3 Å². The number of rotatable bonds is 4. The Bertz CT molecular complexity index is 1270. The van der Waals surface area contributed by atoms with E-state index >= 15 is 0 Å². The number of carbonyl (C=O) groups is 2. The highest BCUT2D eigenvalue weighted by Gasteiger charge is 2.34. The highest BCUT2D eigenvalue weighted by atomic mass is 32.1. The van der Waals surface area contributed by atoms with Gasteiger partial charge in [0.1, 0.15) is 0 Å². The van der Waals surface area contributed by atoms with Crippen LogP contribution in [-0.4, -0.2) is 11.6 Å². The first-order valence-electron chi connectivity index (χ1n) is 15.9. The Morgan fingerprint density at radius 2 is 0.951 bits per heavy atom. The van der Waals surface area contributed by atoms with Crippen molar-refractivity contribution in [3.8, 4) is 0 Å². The van der Waals surface area contributed by atoms with Crippen LogP contribution in [0.3, 0.4) is 0 Å². The Morgan fingerprint density at radius 1 is 0.585 bits per heavy atom. The fourth-order valence-electron chi connectivity index (χ4n) is 6.92. The molecule has 0 atom stereocenters. The molecule has 0 aromatic carbocycles. The van der Waals surface area contributed by atoms with Crippen LogP contribution in [0.4, 0.5) is 0 Å². The number of thiophene rings is 1. The quantitative estimate of drug-likeness (QED) is 0.362. The summed E-state index contributed by atoms with van der Waals surface area (Å²) in [5.41, 5.74) is 5.79. The van der Waals surface area contributed by atoms with Crippen LogP contribution in [0.5, 0.6) is 0 Å². The minimum atomic E-state index is -0.187. The van der Waals surface area contributed by atoms with Crippen LogP contribution < -0.4 is 0 Å². The molecular formula is C38H48O2S. The third-order valence-electron chi connectivity index (χ3n) is 9.25. The molecule has 2 nitrogen and oxygen atoms in total. The molecule has 0 bridgehead atoms.